The van der Waals surface area contributed by atoms with Crippen molar-refractivity contribution < 1.29 is 0 Å². The predicted octanol–water partition coefficient (Wildman–Crippen LogP) is 5.18. The molecule has 1 rings (SSSR count). The van der Waals surface area contributed by atoms with E-state index < -0.39 is 0 Å². The Balaban J connectivity index is 2.00. The molecule has 0 N–H and O–H groups in total. The molecule has 0 bridgehead atoms. The topological polar surface area (TPSA) is 0 Å². The van der Waals surface area contributed by atoms with Gasteiger partial charge in [0.15, 0.2) is 0 Å². The van der Waals surface area contributed by atoms with Gasteiger partial charge in [-0.3, -0.25) is 0 Å². The van der Waals surface area contributed by atoms with Gasteiger partial charge in [-0.15, -0.1) is 0 Å². The number of hydrogen-bond acceptors (Lipinski definition) is 6. The molecule has 1 heterocycles. The van der Waals surface area contributed by atoms with Crippen molar-refractivity contribution in [1.29, 1.82) is 0 Å². The van der Waals surface area contributed by atoms with E-state index in [-0.39, 0.29) is 0 Å². The Kier molecular flexibility index (Phi) is 17.6. The molecule has 0 saturated carbocycles. The first-order valence-corrected chi connectivity index (χ1v) is 14.4. The van der Waals surface area contributed by atoms with Crippen LogP contribution >= 0.6 is 70.6 Å². The van der Waals surface area contributed by atoms with E-state index in [4.69, 9.17) is 0 Å². The van der Waals surface area contributed by atoms with Gasteiger partial charge in [-0.05, 0) is 35.9 Å². The minimum Gasteiger partial charge on any atom is -0.161 e. The molecule has 120 valence electrons. The second-order valence-electron chi connectivity index (χ2n) is 4.38. The smallest absolute Gasteiger partial charge is 0.00238 e. The summed E-state index contributed by atoms with van der Waals surface area (Å²) in [4.78, 5) is 0. The lowest BCUT2D eigenvalue weighted by Gasteiger charge is -2.05. The molecule has 0 aromatic heterocycles. The van der Waals surface area contributed by atoms with Crippen LogP contribution in [0.5, 0.6) is 0 Å². The fourth-order valence-corrected chi connectivity index (χ4v) is 8.37. The van der Waals surface area contributed by atoms with E-state index in [2.05, 4.69) is 70.6 Å². The molecule has 0 unspecified atom stereocenters. The highest BCUT2D eigenvalue weighted by Gasteiger charge is 1.97. The van der Waals surface area contributed by atoms with Gasteiger partial charge in [0.2, 0.25) is 0 Å². The molecule has 0 amide bonds. The lowest BCUT2D eigenvalue weighted by molar-refractivity contribution is 1.12. The Morgan fingerprint density at radius 2 is 0.450 bits per heavy atom. The molecule has 0 nitrogen and oxygen atoms in total. The summed E-state index contributed by atoms with van der Waals surface area (Å²) in [6, 6.07) is 0. The van der Waals surface area contributed by atoms with Crippen LogP contribution in [0.15, 0.2) is 0 Å². The standard InChI is InChI=1S/C14H28S6/c1-3-15-7-11-19-13-9-17-5-2-6-18-10-14-20-12-8-16-4-1/h1-14H2. The SMILES string of the molecule is C1CSCCSCCSCCCSCCSCCSC1. The molecule has 0 aromatic rings. The summed E-state index contributed by atoms with van der Waals surface area (Å²) in [5.74, 6) is 16.3. The molecule has 1 fully saturated rings. The van der Waals surface area contributed by atoms with Crippen molar-refractivity contribution in [2.75, 3.05) is 69.0 Å². The first-order chi connectivity index (χ1) is 10.0. The van der Waals surface area contributed by atoms with Gasteiger partial charge < -0.3 is 0 Å². The summed E-state index contributed by atoms with van der Waals surface area (Å²) in [5, 5.41) is 0. The fourth-order valence-electron chi connectivity index (χ4n) is 1.61. The van der Waals surface area contributed by atoms with Crippen LogP contribution in [-0.2, 0) is 0 Å². The second-order valence-corrected chi connectivity index (χ2v) is 11.7. The fraction of sp³-hybridized carbons (Fsp3) is 1.00. The van der Waals surface area contributed by atoms with E-state index in [1.54, 1.807) is 0 Å². The molecule has 1 saturated heterocycles. The number of thioether (sulfide) groups is 6. The summed E-state index contributed by atoms with van der Waals surface area (Å²) in [6.45, 7) is 0. The van der Waals surface area contributed by atoms with Gasteiger partial charge in [0.25, 0.3) is 0 Å². The summed E-state index contributed by atoms with van der Waals surface area (Å²) in [5.41, 5.74) is 0. The minimum atomic E-state index is 1.35. The zero-order valence-electron chi connectivity index (χ0n) is 12.3. The molecular formula is C14H28S6. The van der Waals surface area contributed by atoms with E-state index in [9.17, 15) is 0 Å². The zero-order valence-corrected chi connectivity index (χ0v) is 17.2. The van der Waals surface area contributed by atoms with Crippen LogP contribution in [0.3, 0.4) is 0 Å². The number of hydrogen-bond donors (Lipinski definition) is 0. The molecule has 0 aliphatic carbocycles. The average Bonchev–Trinajstić information content (AvgIpc) is 2.46. The van der Waals surface area contributed by atoms with Gasteiger partial charge in [-0.2, -0.15) is 70.6 Å². The second kappa shape index (κ2) is 17.5. The average molecular weight is 389 g/mol. The van der Waals surface area contributed by atoms with Crippen LogP contribution in [0.2, 0.25) is 0 Å². The Bertz CT molecular complexity index is 104. The largest absolute Gasteiger partial charge is 0.161 e. The van der Waals surface area contributed by atoms with Crippen LogP contribution in [0.4, 0.5) is 0 Å². The van der Waals surface area contributed by atoms with Crippen LogP contribution in [0.1, 0.15) is 12.8 Å². The van der Waals surface area contributed by atoms with Crippen molar-refractivity contribution in [3.8, 4) is 0 Å². The van der Waals surface area contributed by atoms with Gasteiger partial charge in [0.05, 0.1) is 0 Å². The van der Waals surface area contributed by atoms with E-state index in [1.165, 1.54) is 81.9 Å². The van der Waals surface area contributed by atoms with Gasteiger partial charge in [0.1, 0.15) is 0 Å². The first kappa shape index (κ1) is 20.1. The van der Waals surface area contributed by atoms with Crippen molar-refractivity contribution in [3.05, 3.63) is 0 Å². The van der Waals surface area contributed by atoms with Crippen LogP contribution in [-0.4, -0.2) is 69.0 Å². The van der Waals surface area contributed by atoms with Crippen molar-refractivity contribution in [3.63, 3.8) is 0 Å². The summed E-state index contributed by atoms with van der Waals surface area (Å²) >= 11 is 12.9. The molecule has 0 radical (unpaired) electrons. The molecule has 0 atom stereocenters. The Labute approximate surface area is 151 Å². The van der Waals surface area contributed by atoms with E-state index in [0.717, 1.165) is 0 Å². The Morgan fingerprint density at radius 3 is 0.700 bits per heavy atom. The van der Waals surface area contributed by atoms with Crippen LogP contribution in [0.25, 0.3) is 0 Å². The highest BCUT2D eigenvalue weighted by Crippen LogP contribution is 2.16. The molecule has 20 heavy (non-hydrogen) atoms. The highest BCUT2D eigenvalue weighted by molar-refractivity contribution is 8.05. The van der Waals surface area contributed by atoms with Gasteiger partial charge in [0, 0.05) is 46.0 Å². The van der Waals surface area contributed by atoms with E-state index in [0.29, 0.717) is 0 Å². The lowest BCUT2D eigenvalue weighted by atomic mass is 10.6. The van der Waals surface area contributed by atoms with Gasteiger partial charge >= 0.3 is 0 Å². The van der Waals surface area contributed by atoms with E-state index >= 15 is 0 Å². The minimum absolute atomic E-state index is 1.35. The maximum atomic E-state index is 2.15. The molecule has 6 heteroatoms. The molecule has 1 aliphatic rings. The van der Waals surface area contributed by atoms with Crippen molar-refractivity contribution in [1.82, 2.24) is 0 Å². The summed E-state index contributed by atoms with van der Waals surface area (Å²) in [7, 11) is 0. The van der Waals surface area contributed by atoms with Crippen molar-refractivity contribution in [2.45, 2.75) is 12.8 Å². The normalized spacial score (nSPS) is 24.0. The monoisotopic (exact) mass is 388 g/mol. The van der Waals surface area contributed by atoms with E-state index in [1.807, 2.05) is 0 Å². The third kappa shape index (κ3) is 15.0. The highest BCUT2D eigenvalue weighted by atomic mass is 32.2. The Hall–Kier alpha value is 2.10. The van der Waals surface area contributed by atoms with Gasteiger partial charge in [-0.1, -0.05) is 0 Å². The third-order valence-electron chi connectivity index (χ3n) is 2.64. The van der Waals surface area contributed by atoms with Crippen molar-refractivity contribution in [2.24, 2.45) is 0 Å². The lowest BCUT2D eigenvalue weighted by Crippen LogP contribution is -1.96. The zero-order chi connectivity index (χ0) is 14.1. The maximum Gasteiger partial charge on any atom is 0.00238 e. The van der Waals surface area contributed by atoms with Crippen molar-refractivity contribution >= 4 is 70.6 Å². The molecule has 1 aliphatic heterocycles. The van der Waals surface area contributed by atoms with Crippen LogP contribution < -0.4 is 0 Å². The van der Waals surface area contributed by atoms with Crippen LogP contribution in [0, 0.1) is 0 Å². The molecule has 0 spiro atoms. The molecular weight excluding hydrogens is 361 g/mol. The summed E-state index contributed by atoms with van der Waals surface area (Å²) < 4.78 is 0. The Morgan fingerprint density at radius 1 is 0.250 bits per heavy atom. The quantitative estimate of drug-likeness (QED) is 0.557. The predicted molar refractivity (Wildman–Crippen MR) is 113 cm³/mol. The summed E-state index contributed by atoms with van der Waals surface area (Å²) in [6.07, 6.45) is 2.80. The van der Waals surface area contributed by atoms with Gasteiger partial charge in [-0.25, -0.2) is 0 Å². The molecule has 0 aromatic carbocycles. The maximum absolute atomic E-state index is 2.15. The third-order valence-corrected chi connectivity index (χ3v) is 9.93. The number of rotatable bonds is 0. The first-order valence-electron chi connectivity index (χ1n) is 7.46.